The van der Waals surface area contributed by atoms with Crippen LogP contribution in [0.1, 0.15) is 59.2 Å². The topological polar surface area (TPSA) is 170 Å². The molecule has 0 unspecified atom stereocenters. The standard InChI is InChI=1S/C16H20N2O3.C10H11BrO3.C7H11N.2CO2/c1-5-13-11(2)9-17-18(13)10-14(19)12-6-7-15(20-3)16(8-12)21-4;1-13-9-4-3-7(8(12)6-11)5-10(9)14-2;1-3-7-5-8-4-6(7)2;2*2-1-3/h6-9H,5,10H2,1-4H3;3-5H,6H2,1-2H3;4H,3,5H2,1-2H3;;. The third-order valence-electron chi connectivity index (χ3n) is 6.87. The van der Waals surface area contributed by atoms with Crippen molar-refractivity contribution >= 4 is 46.0 Å². The van der Waals surface area contributed by atoms with Crippen LogP contribution in [0.3, 0.4) is 0 Å². The van der Waals surface area contributed by atoms with Gasteiger partial charge in [0.2, 0.25) is 0 Å². The van der Waals surface area contributed by atoms with E-state index >= 15 is 0 Å². The van der Waals surface area contributed by atoms with Gasteiger partial charge in [-0.15, -0.1) is 0 Å². The maximum Gasteiger partial charge on any atom is 0.373 e. The second kappa shape index (κ2) is 24.9. The predicted octanol–water partition coefficient (Wildman–Crippen LogP) is 5.57. The number of aliphatic imine (C=N–C) groups is 1. The van der Waals surface area contributed by atoms with E-state index in [1.54, 1.807) is 75.7 Å². The fourth-order valence-electron chi connectivity index (χ4n) is 4.32. The van der Waals surface area contributed by atoms with Gasteiger partial charge in [-0.1, -0.05) is 29.8 Å². The minimum Gasteiger partial charge on any atom is -0.493 e. The van der Waals surface area contributed by atoms with Gasteiger partial charge in [-0.2, -0.15) is 24.3 Å². The van der Waals surface area contributed by atoms with E-state index < -0.39 is 0 Å². The molecule has 0 spiro atoms. The van der Waals surface area contributed by atoms with E-state index in [1.807, 2.05) is 13.1 Å². The molecule has 13 nitrogen and oxygen atoms in total. The van der Waals surface area contributed by atoms with Gasteiger partial charge in [0.15, 0.2) is 34.6 Å². The van der Waals surface area contributed by atoms with E-state index in [-0.39, 0.29) is 30.4 Å². The third-order valence-corrected chi connectivity index (χ3v) is 7.38. The first-order valence-electron chi connectivity index (χ1n) is 14.7. The zero-order valence-corrected chi connectivity index (χ0v) is 30.5. The highest BCUT2D eigenvalue weighted by Crippen LogP contribution is 2.29. The van der Waals surface area contributed by atoms with Crippen LogP contribution in [0.5, 0.6) is 23.0 Å². The van der Waals surface area contributed by atoms with Crippen molar-refractivity contribution in [3.63, 3.8) is 0 Å². The first-order valence-corrected chi connectivity index (χ1v) is 15.9. The molecule has 0 saturated heterocycles. The highest BCUT2D eigenvalue weighted by Gasteiger charge is 2.14. The van der Waals surface area contributed by atoms with Gasteiger partial charge in [0.25, 0.3) is 0 Å². The van der Waals surface area contributed by atoms with Crippen molar-refractivity contribution in [2.24, 2.45) is 4.99 Å². The van der Waals surface area contributed by atoms with Crippen LogP contribution in [0.15, 0.2) is 58.7 Å². The number of alkyl halides is 1. The van der Waals surface area contributed by atoms with E-state index in [0.717, 1.165) is 30.6 Å². The van der Waals surface area contributed by atoms with E-state index in [9.17, 15) is 9.59 Å². The maximum absolute atomic E-state index is 12.4. The average molecular weight is 745 g/mol. The number of hydrogen-bond acceptors (Lipinski definition) is 12. The van der Waals surface area contributed by atoms with Crippen molar-refractivity contribution in [2.45, 2.75) is 47.1 Å². The van der Waals surface area contributed by atoms with Crippen molar-refractivity contribution in [2.75, 3.05) is 40.3 Å². The number of rotatable bonds is 11. The lowest BCUT2D eigenvalue weighted by molar-refractivity contribution is -0.193. The number of aryl methyl sites for hydroxylation is 1. The number of allylic oxidation sites excluding steroid dienone is 1. The van der Waals surface area contributed by atoms with E-state index in [0.29, 0.717) is 39.5 Å². The van der Waals surface area contributed by atoms with Crippen LogP contribution in [-0.4, -0.2) is 80.2 Å². The van der Waals surface area contributed by atoms with Gasteiger partial charge in [-0.05, 0) is 79.8 Å². The van der Waals surface area contributed by atoms with Gasteiger partial charge in [-0.3, -0.25) is 19.3 Å². The lowest BCUT2D eigenvalue weighted by Gasteiger charge is -2.10. The summed E-state index contributed by atoms with van der Waals surface area (Å²) in [6.45, 7) is 9.53. The molecule has 0 amide bonds. The highest BCUT2D eigenvalue weighted by molar-refractivity contribution is 9.09. The van der Waals surface area contributed by atoms with Crippen LogP contribution < -0.4 is 18.9 Å². The SMILES string of the molecule is CCC1=C(C)C=NC1.CCc1c(C)cnn1CC(=O)c1ccc(OC)c(OC)c1.COc1ccc(C(=O)CBr)cc1OC.O=C=O.O=C=O. The first kappa shape index (κ1) is 43.8. The number of aromatic nitrogens is 2. The fourth-order valence-corrected chi connectivity index (χ4v) is 4.65. The summed E-state index contributed by atoms with van der Waals surface area (Å²) in [5, 5.41) is 4.58. The Morgan fingerprint density at radius 2 is 1.24 bits per heavy atom. The molecule has 4 rings (SSSR count). The number of methoxy groups -OCH3 is 4. The second-order valence-electron chi connectivity index (χ2n) is 9.68. The fraction of sp³-hybridized carbons (Fsp3) is 0.371. The minimum absolute atomic E-state index is 0.00578. The molecule has 0 saturated carbocycles. The van der Waals surface area contributed by atoms with Gasteiger partial charge in [0, 0.05) is 23.0 Å². The number of nitrogens with zero attached hydrogens (tertiary/aromatic N) is 3. The van der Waals surface area contributed by atoms with Crippen molar-refractivity contribution in [1.29, 1.82) is 0 Å². The molecular formula is C35H42BrN3O10. The molecule has 1 aliphatic heterocycles. The smallest absolute Gasteiger partial charge is 0.373 e. The zero-order chi connectivity index (χ0) is 37.4. The van der Waals surface area contributed by atoms with Crippen LogP contribution in [0.25, 0.3) is 0 Å². The number of hydrogen-bond donors (Lipinski definition) is 0. The van der Waals surface area contributed by atoms with E-state index in [4.69, 9.17) is 38.1 Å². The largest absolute Gasteiger partial charge is 0.493 e. The number of carbonyl (C=O) groups excluding carboxylic acids is 6. The molecule has 1 aromatic heterocycles. The summed E-state index contributed by atoms with van der Waals surface area (Å²) in [4.78, 5) is 60.4. The van der Waals surface area contributed by atoms with Gasteiger partial charge < -0.3 is 18.9 Å². The molecule has 1 aliphatic rings. The molecule has 49 heavy (non-hydrogen) atoms. The molecule has 0 aliphatic carbocycles. The minimum atomic E-state index is -0.00578. The van der Waals surface area contributed by atoms with Crippen molar-refractivity contribution in [1.82, 2.24) is 9.78 Å². The molecule has 264 valence electrons. The summed E-state index contributed by atoms with van der Waals surface area (Å²) in [5.74, 6) is 2.37. The molecule has 3 aromatic rings. The summed E-state index contributed by atoms with van der Waals surface area (Å²) in [5.41, 5.74) is 6.25. The van der Waals surface area contributed by atoms with Gasteiger partial charge in [0.05, 0.1) is 46.5 Å². The average Bonchev–Trinajstić information content (AvgIpc) is 3.71. The van der Waals surface area contributed by atoms with Crippen LogP contribution in [0.4, 0.5) is 0 Å². The Kier molecular flexibility index (Phi) is 22.3. The molecule has 0 N–H and O–H groups in total. The summed E-state index contributed by atoms with van der Waals surface area (Å²) >= 11 is 3.11. The van der Waals surface area contributed by atoms with Gasteiger partial charge >= 0.3 is 12.3 Å². The third kappa shape index (κ3) is 14.6. The summed E-state index contributed by atoms with van der Waals surface area (Å²) in [6, 6.07) is 10.3. The molecule has 0 radical (unpaired) electrons. The zero-order valence-electron chi connectivity index (χ0n) is 29.0. The molecule has 2 heterocycles. The molecule has 0 bridgehead atoms. The Bertz CT molecular complexity index is 1620. The number of Topliss-reactive ketones (excluding diaryl/α,β-unsaturated/α-hetero) is 2. The van der Waals surface area contributed by atoms with Crippen molar-refractivity contribution < 1.29 is 47.7 Å². The quantitative estimate of drug-likeness (QED) is 0.178. The predicted molar refractivity (Wildman–Crippen MR) is 184 cm³/mol. The van der Waals surface area contributed by atoms with Crippen LogP contribution in [-0.2, 0) is 32.1 Å². The molecule has 0 atom stereocenters. The lowest BCUT2D eigenvalue weighted by Crippen LogP contribution is -2.14. The Balaban J connectivity index is 0.000000705. The molecule has 2 aromatic carbocycles. The summed E-state index contributed by atoms with van der Waals surface area (Å²) < 4.78 is 22.3. The number of carbonyl (C=O) groups is 2. The molecular weight excluding hydrogens is 702 g/mol. The normalized spacial score (nSPS) is 10.6. The molecule has 14 heteroatoms. The van der Waals surface area contributed by atoms with Crippen LogP contribution >= 0.6 is 15.9 Å². The highest BCUT2D eigenvalue weighted by atomic mass is 79.9. The number of benzene rings is 2. The monoisotopic (exact) mass is 743 g/mol. The van der Waals surface area contributed by atoms with Crippen molar-refractivity contribution in [3.05, 3.63) is 76.1 Å². The number of ketones is 2. The maximum atomic E-state index is 12.4. The lowest BCUT2D eigenvalue weighted by atomic mass is 10.1. The van der Waals surface area contributed by atoms with E-state index in [2.05, 4.69) is 46.8 Å². The Hall–Kier alpha value is -5.16. The molecule has 0 fully saturated rings. The van der Waals surface area contributed by atoms with Gasteiger partial charge in [-0.25, -0.2) is 0 Å². The van der Waals surface area contributed by atoms with Gasteiger partial charge in [0.1, 0.15) is 6.54 Å². The van der Waals surface area contributed by atoms with Crippen LogP contribution in [0.2, 0.25) is 0 Å². The van der Waals surface area contributed by atoms with Crippen LogP contribution in [0, 0.1) is 6.92 Å². The first-order chi connectivity index (χ1) is 23.5. The Morgan fingerprint density at radius 1 is 0.776 bits per heavy atom. The number of ether oxygens (including phenoxy) is 4. The summed E-state index contributed by atoms with van der Waals surface area (Å²) in [6.07, 6.45) is 6.26. The van der Waals surface area contributed by atoms with E-state index in [1.165, 1.54) is 11.1 Å². The number of halogens is 1. The Labute approximate surface area is 294 Å². The van der Waals surface area contributed by atoms with Crippen molar-refractivity contribution in [3.8, 4) is 23.0 Å². The summed E-state index contributed by atoms with van der Waals surface area (Å²) in [7, 11) is 6.22. The Morgan fingerprint density at radius 3 is 1.59 bits per heavy atom. The second-order valence-corrected chi connectivity index (χ2v) is 10.2.